The van der Waals surface area contributed by atoms with E-state index in [9.17, 15) is 0 Å². The SMILES string of the molecule is CCCCCCCCCCCCC(CCCCCCCCCCCC)(CCCCCCCCCCCC)N(Cc1ccccc1)Cc1ccccc1. The second-order valence-corrected chi connectivity index (χ2v) is 16.8. The predicted octanol–water partition coefficient (Wildman–Crippen LogP) is 17.4. The van der Waals surface area contributed by atoms with Gasteiger partial charge >= 0.3 is 0 Å². The van der Waals surface area contributed by atoms with E-state index in [0.29, 0.717) is 0 Å². The molecule has 0 aromatic heterocycles. The quantitative estimate of drug-likeness (QED) is 0.0626. The highest BCUT2D eigenvalue weighted by atomic mass is 15.2. The van der Waals surface area contributed by atoms with Gasteiger partial charge in [0.1, 0.15) is 0 Å². The molecule has 1 heteroatoms. The molecule has 0 amide bonds. The lowest BCUT2D eigenvalue weighted by molar-refractivity contribution is 0.0372. The molecule has 0 radical (unpaired) electrons. The van der Waals surface area contributed by atoms with E-state index in [2.05, 4.69) is 86.3 Å². The summed E-state index contributed by atoms with van der Waals surface area (Å²) in [5.74, 6) is 0. The third-order valence-electron chi connectivity index (χ3n) is 12.1. The van der Waals surface area contributed by atoms with Crippen molar-refractivity contribution in [1.29, 1.82) is 0 Å². The van der Waals surface area contributed by atoms with E-state index in [4.69, 9.17) is 0 Å². The summed E-state index contributed by atoms with van der Waals surface area (Å²) in [5.41, 5.74) is 3.25. The minimum Gasteiger partial charge on any atom is -0.289 e. The zero-order valence-corrected chi connectivity index (χ0v) is 35.5. The third kappa shape index (κ3) is 23.9. The van der Waals surface area contributed by atoms with Gasteiger partial charge in [0.25, 0.3) is 0 Å². The fraction of sp³-hybridized carbons (Fsp3) is 0.765. The van der Waals surface area contributed by atoms with Crippen molar-refractivity contribution in [2.45, 2.75) is 251 Å². The molecule has 0 aliphatic rings. The summed E-state index contributed by atoms with van der Waals surface area (Å²) in [7, 11) is 0. The Bertz CT molecular complexity index is 881. The maximum absolute atomic E-state index is 2.99. The van der Waals surface area contributed by atoms with Crippen LogP contribution in [0.15, 0.2) is 60.7 Å². The van der Waals surface area contributed by atoms with Crippen molar-refractivity contribution in [2.75, 3.05) is 0 Å². The van der Waals surface area contributed by atoms with Crippen LogP contribution in [0.2, 0.25) is 0 Å². The van der Waals surface area contributed by atoms with Crippen LogP contribution >= 0.6 is 0 Å². The smallest absolute Gasteiger partial charge is 0.0242 e. The molecule has 2 aromatic carbocycles. The van der Waals surface area contributed by atoms with Crippen molar-refractivity contribution in [1.82, 2.24) is 4.90 Å². The van der Waals surface area contributed by atoms with Crippen LogP contribution in [0.3, 0.4) is 0 Å². The standard InChI is InChI=1S/C51H89N/c1-4-7-10-13-16-19-22-25-28-37-44-51(45-38-29-26-23-20-17-14-11-8-5-2,46-39-30-27-24-21-18-15-12-9-6-3)52(47-49-40-33-31-34-41-49)48-50-42-35-32-36-43-50/h31-36,40-43H,4-30,37-39,44-48H2,1-3H3. The molecule has 0 bridgehead atoms. The van der Waals surface area contributed by atoms with Crippen LogP contribution in [-0.4, -0.2) is 10.4 Å². The molecule has 2 aromatic rings. The Morgan fingerprint density at radius 3 is 0.788 bits per heavy atom. The van der Waals surface area contributed by atoms with Gasteiger partial charge in [-0.25, -0.2) is 0 Å². The molecule has 2 rings (SSSR count). The Balaban J connectivity index is 2.14. The Morgan fingerprint density at radius 2 is 0.538 bits per heavy atom. The average molecular weight is 716 g/mol. The van der Waals surface area contributed by atoms with E-state index in [1.54, 1.807) is 0 Å². The van der Waals surface area contributed by atoms with Gasteiger partial charge in [0.05, 0.1) is 0 Å². The van der Waals surface area contributed by atoms with Crippen molar-refractivity contribution in [2.24, 2.45) is 0 Å². The Morgan fingerprint density at radius 1 is 0.308 bits per heavy atom. The molecule has 298 valence electrons. The highest BCUT2D eigenvalue weighted by Crippen LogP contribution is 2.37. The third-order valence-corrected chi connectivity index (χ3v) is 12.1. The summed E-state index contributed by atoms with van der Waals surface area (Å²) in [5, 5.41) is 0. The van der Waals surface area contributed by atoms with Crippen LogP contribution in [0.25, 0.3) is 0 Å². The molecular weight excluding hydrogens is 627 g/mol. The molecule has 0 aliphatic heterocycles. The molecule has 0 fully saturated rings. The minimum atomic E-state index is 0.284. The van der Waals surface area contributed by atoms with Gasteiger partial charge < -0.3 is 0 Å². The first-order valence-corrected chi connectivity index (χ1v) is 23.6. The molecule has 0 heterocycles. The van der Waals surface area contributed by atoms with Crippen molar-refractivity contribution in [3.63, 3.8) is 0 Å². The number of hydrogen-bond acceptors (Lipinski definition) is 1. The fourth-order valence-electron chi connectivity index (χ4n) is 8.67. The molecule has 0 atom stereocenters. The minimum absolute atomic E-state index is 0.284. The Labute approximate surface area is 326 Å². The van der Waals surface area contributed by atoms with Crippen molar-refractivity contribution < 1.29 is 0 Å². The highest BCUT2D eigenvalue weighted by molar-refractivity contribution is 5.18. The molecule has 0 aliphatic carbocycles. The van der Waals surface area contributed by atoms with E-state index in [1.165, 1.54) is 223 Å². The number of benzene rings is 2. The highest BCUT2D eigenvalue weighted by Gasteiger charge is 2.35. The summed E-state index contributed by atoms with van der Waals surface area (Å²) in [6.07, 6.45) is 46.8. The van der Waals surface area contributed by atoms with Gasteiger partial charge in [-0.3, -0.25) is 4.90 Å². The van der Waals surface area contributed by atoms with E-state index in [1.807, 2.05) is 0 Å². The van der Waals surface area contributed by atoms with E-state index in [0.717, 1.165) is 13.1 Å². The topological polar surface area (TPSA) is 3.24 Å². The van der Waals surface area contributed by atoms with Gasteiger partial charge in [-0.2, -0.15) is 0 Å². The van der Waals surface area contributed by atoms with Gasteiger partial charge in [-0.15, -0.1) is 0 Å². The molecule has 0 spiro atoms. The predicted molar refractivity (Wildman–Crippen MR) is 234 cm³/mol. The number of unbranched alkanes of at least 4 members (excludes halogenated alkanes) is 27. The Kier molecular flexibility index (Phi) is 30.4. The summed E-state index contributed by atoms with van der Waals surface area (Å²) in [6.45, 7) is 9.13. The first-order chi connectivity index (χ1) is 25.7. The molecular formula is C51H89N. The van der Waals surface area contributed by atoms with E-state index in [-0.39, 0.29) is 5.54 Å². The number of nitrogens with zero attached hydrogens (tertiary/aromatic N) is 1. The second kappa shape index (κ2) is 33.9. The maximum Gasteiger partial charge on any atom is 0.0242 e. The largest absolute Gasteiger partial charge is 0.289 e. The van der Waals surface area contributed by atoms with Crippen LogP contribution in [0.1, 0.15) is 244 Å². The summed E-state index contributed by atoms with van der Waals surface area (Å²) in [4.78, 5) is 2.99. The molecule has 0 unspecified atom stereocenters. The lowest BCUT2D eigenvalue weighted by Gasteiger charge is -2.46. The monoisotopic (exact) mass is 716 g/mol. The van der Waals surface area contributed by atoms with Crippen molar-refractivity contribution in [3.05, 3.63) is 71.8 Å². The number of hydrogen-bond donors (Lipinski definition) is 0. The van der Waals surface area contributed by atoms with Gasteiger partial charge in [-0.05, 0) is 30.4 Å². The molecule has 1 nitrogen and oxygen atoms in total. The van der Waals surface area contributed by atoms with Gasteiger partial charge in [0, 0.05) is 18.6 Å². The van der Waals surface area contributed by atoms with Crippen molar-refractivity contribution >= 4 is 0 Å². The first-order valence-electron chi connectivity index (χ1n) is 23.6. The normalized spacial score (nSPS) is 11.9. The fourth-order valence-corrected chi connectivity index (χ4v) is 8.67. The van der Waals surface area contributed by atoms with E-state index < -0.39 is 0 Å². The lowest BCUT2D eigenvalue weighted by Crippen LogP contribution is -2.48. The molecule has 0 N–H and O–H groups in total. The first kappa shape index (κ1) is 46.6. The zero-order chi connectivity index (χ0) is 37.1. The van der Waals surface area contributed by atoms with Crippen LogP contribution < -0.4 is 0 Å². The molecule has 0 saturated carbocycles. The lowest BCUT2D eigenvalue weighted by atomic mass is 9.79. The van der Waals surface area contributed by atoms with Crippen LogP contribution in [0.4, 0.5) is 0 Å². The second-order valence-electron chi connectivity index (χ2n) is 16.8. The summed E-state index contributed by atoms with van der Waals surface area (Å²) < 4.78 is 0. The molecule has 52 heavy (non-hydrogen) atoms. The zero-order valence-electron chi connectivity index (χ0n) is 35.5. The van der Waals surface area contributed by atoms with Crippen LogP contribution in [0.5, 0.6) is 0 Å². The number of rotatable bonds is 38. The van der Waals surface area contributed by atoms with Gasteiger partial charge in [0.15, 0.2) is 0 Å². The van der Waals surface area contributed by atoms with Crippen LogP contribution in [-0.2, 0) is 13.1 Å². The Hall–Kier alpha value is -1.60. The summed E-state index contributed by atoms with van der Waals surface area (Å²) in [6, 6.07) is 22.9. The van der Waals surface area contributed by atoms with Gasteiger partial charge in [0.2, 0.25) is 0 Å². The van der Waals surface area contributed by atoms with Gasteiger partial charge in [-0.1, -0.05) is 274 Å². The maximum atomic E-state index is 2.99. The average Bonchev–Trinajstić information content (AvgIpc) is 3.17. The van der Waals surface area contributed by atoms with Crippen molar-refractivity contribution in [3.8, 4) is 0 Å². The molecule has 0 saturated heterocycles. The van der Waals surface area contributed by atoms with Crippen LogP contribution in [0, 0.1) is 0 Å². The summed E-state index contributed by atoms with van der Waals surface area (Å²) >= 11 is 0. The van der Waals surface area contributed by atoms with E-state index >= 15 is 0 Å².